The number of thiocarbonyl (C=S) groups is 1. The van der Waals surface area contributed by atoms with Crippen molar-refractivity contribution >= 4 is 40.1 Å². The number of unbranched alkanes of at least 4 members (excludes halogenated alkanes) is 1. The molecule has 0 spiro atoms. The van der Waals surface area contributed by atoms with Crippen LogP contribution in [-0.2, 0) is 0 Å². The summed E-state index contributed by atoms with van der Waals surface area (Å²) < 4.78 is 0.762. The van der Waals surface area contributed by atoms with Gasteiger partial charge in [0.1, 0.15) is 3.53 Å². The molecule has 9 heavy (non-hydrogen) atoms. The molecule has 0 aromatic heterocycles. The summed E-state index contributed by atoms with van der Waals surface area (Å²) in [6.07, 6.45) is 2.48. The summed E-state index contributed by atoms with van der Waals surface area (Å²) in [4.78, 5) is 0. The molecule has 0 saturated heterocycles. The predicted molar refractivity (Wildman–Crippen MR) is 49.0 cm³/mol. The minimum absolute atomic E-state index is 0. The minimum Gasteiger partial charge on any atom is -0.125 e. The summed E-state index contributed by atoms with van der Waals surface area (Å²) >= 11 is 10.4. The second-order valence-electron chi connectivity index (χ2n) is 1.47. The maximum atomic E-state index is 4.74. The van der Waals surface area contributed by atoms with Crippen LogP contribution in [0, 0.1) is 0 Å². The molecule has 0 N–H and O–H groups in total. The molecular formula is C5H10KS3+. The Kier molecular flexibility index (Phi) is 16.2. The Bertz CT molecular complexity index is 74.6. The molecule has 0 aromatic carbocycles. The van der Waals surface area contributed by atoms with E-state index in [-0.39, 0.29) is 51.4 Å². The van der Waals surface area contributed by atoms with Crippen LogP contribution in [0.5, 0.6) is 0 Å². The van der Waals surface area contributed by atoms with Crippen LogP contribution in [0.4, 0.5) is 0 Å². The number of hydrogen-bond acceptors (Lipinski definition) is 2. The van der Waals surface area contributed by atoms with Gasteiger partial charge in [0.15, 0.2) is 0 Å². The summed E-state index contributed by atoms with van der Waals surface area (Å²) in [6, 6.07) is 0. The van der Waals surface area contributed by atoms with Crippen molar-refractivity contribution in [3.05, 3.63) is 0 Å². The number of thioether (sulfide) groups is 1. The van der Waals surface area contributed by atoms with E-state index in [0.29, 0.717) is 0 Å². The predicted octanol–water partition coefficient (Wildman–Crippen LogP) is -0.262. The second-order valence-corrected chi connectivity index (χ2v) is 4.29. The van der Waals surface area contributed by atoms with Gasteiger partial charge in [-0.1, -0.05) is 25.6 Å². The minimum atomic E-state index is 0. The van der Waals surface area contributed by atoms with Gasteiger partial charge in [-0.15, -0.1) is 24.4 Å². The Morgan fingerprint density at radius 1 is 1.67 bits per heavy atom. The monoisotopic (exact) mass is 205 g/mol. The van der Waals surface area contributed by atoms with Gasteiger partial charge < -0.3 is 0 Å². The normalized spacial score (nSPS) is 8.22. The van der Waals surface area contributed by atoms with E-state index in [1.807, 2.05) is 0 Å². The van der Waals surface area contributed by atoms with E-state index in [2.05, 4.69) is 19.6 Å². The van der Waals surface area contributed by atoms with Crippen LogP contribution in [0.2, 0.25) is 0 Å². The quantitative estimate of drug-likeness (QED) is 0.292. The average molecular weight is 205 g/mol. The molecule has 0 bridgehead atoms. The zero-order valence-electron chi connectivity index (χ0n) is 5.89. The molecule has 0 nitrogen and oxygen atoms in total. The fourth-order valence-corrected chi connectivity index (χ4v) is 1.44. The molecule has 0 aromatic rings. The maximum absolute atomic E-state index is 4.74. The van der Waals surface area contributed by atoms with Gasteiger partial charge in [-0.3, -0.25) is 0 Å². The van der Waals surface area contributed by atoms with E-state index in [4.69, 9.17) is 12.2 Å². The van der Waals surface area contributed by atoms with Crippen molar-refractivity contribution in [3.8, 4) is 0 Å². The van der Waals surface area contributed by atoms with E-state index in [0.717, 1.165) is 9.28 Å². The first-order chi connectivity index (χ1) is 3.77. The zero-order chi connectivity index (χ0) is 6.41. The van der Waals surface area contributed by atoms with Crippen molar-refractivity contribution in [2.24, 2.45) is 0 Å². The SMILES string of the molecule is CCCCSC(=S)S.[K+]. The summed E-state index contributed by atoms with van der Waals surface area (Å²) in [5, 5.41) is 0. The van der Waals surface area contributed by atoms with Crippen molar-refractivity contribution in [1.82, 2.24) is 0 Å². The summed E-state index contributed by atoms with van der Waals surface area (Å²) in [6.45, 7) is 2.17. The van der Waals surface area contributed by atoms with E-state index in [1.165, 1.54) is 12.8 Å². The van der Waals surface area contributed by atoms with Crippen LogP contribution >= 0.6 is 36.6 Å². The van der Waals surface area contributed by atoms with Crippen LogP contribution in [0.25, 0.3) is 0 Å². The third-order valence-corrected chi connectivity index (χ3v) is 2.20. The van der Waals surface area contributed by atoms with E-state index >= 15 is 0 Å². The van der Waals surface area contributed by atoms with Gasteiger partial charge in [0, 0.05) is 0 Å². The van der Waals surface area contributed by atoms with Crippen LogP contribution in [0.3, 0.4) is 0 Å². The van der Waals surface area contributed by atoms with Gasteiger partial charge in [0.25, 0.3) is 0 Å². The molecule has 0 amide bonds. The zero-order valence-corrected chi connectivity index (χ0v) is 11.5. The van der Waals surface area contributed by atoms with Gasteiger partial charge in [-0.05, 0) is 12.2 Å². The van der Waals surface area contributed by atoms with Gasteiger partial charge >= 0.3 is 51.4 Å². The molecule has 0 heterocycles. The standard InChI is InChI=1S/C5H10S3.K/c1-2-3-4-8-5(6)7;/h2-4H2,1H3,(H,6,7);/q;+1. The van der Waals surface area contributed by atoms with Gasteiger partial charge in [0.05, 0.1) is 0 Å². The van der Waals surface area contributed by atoms with Crippen LogP contribution in [0.15, 0.2) is 0 Å². The van der Waals surface area contributed by atoms with Crippen LogP contribution in [0.1, 0.15) is 19.8 Å². The molecule has 0 atom stereocenters. The Morgan fingerprint density at radius 3 is 2.56 bits per heavy atom. The van der Waals surface area contributed by atoms with Crippen molar-refractivity contribution in [3.63, 3.8) is 0 Å². The second kappa shape index (κ2) is 10.4. The van der Waals surface area contributed by atoms with Crippen molar-refractivity contribution in [2.45, 2.75) is 19.8 Å². The molecule has 0 fully saturated rings. The molecule has 0 aliphatic rings. The smallest absolute Gasteiger partial charge is 0.125 e. The van der Waals surface area contributed by atoms with E-state index in [9.17, 15) is 0 Å². The van der Waals surface area contributed by atoms with Crippen molar-refractivity contribution in [2.75, 3.05) is 5.75 Å². The Balaban J connectivity index is 0. The molecule has 0 unspecified atom stereocenters. The Labute approximate surface area is 115 Å². The Hall–Kier alpha value is 2.43. The molecule has 0 aliphatic carbocycles. The fourth-order valence-electron chi connectivity index (χ4n) is 0.304. The van der Waals surface area contributed by atoms with Gasteiger partial charge in [0.2, 0.25) is 0 Å². The van der Waals surface area contributed by atoms with Gasteiger partial charge in [-0.25, -0.2) is 0 Å². The van der Waals surface area contributed by atoms with Crippen LogP contribution < -0.4 is 51.4 Å². The first kappa shape index (κ1) is 14.0. The molecular weight excluding hydrogens is 195 g/mol. The summed E-state index contributed by atoms with van der Waals surface area (Å²) in [5.41, 5.74) is 0. The topological polar surface area (TPSA) is 0 Å². The Morgan fingerprint density at radius 2 is 2.22 bits per heavy atom. The first-order valence-corrected chi connectivity index (χ1v) is 4.47. The van der Waals surface area contributed by atoms with Crippen molar-refractivity contribution in [1.29, 1.82) is 0 Å². The van der Waals surface area contributed by atoms with E-state index < -0.39 is 0 Å². The fraction of sp³-hybridized carbons (Fsp3) is 0.800. The summed E-state index contributed by atoms with van der Waals surface area (Å²) in [7, 11) is 0. The van der Waals surface area contributed by atoms with E-state index in [1.54, 1.807) is 11.8 Å². The molecule has 48 valence electrons. The number of hydrogen-bond donors (Lipinski definition) is 1. The maximum Gasteiger partial charge on any atom is 1.00 e. The molecule has 0 aliphatic heterocycles. The third-order valence-electron chi connectivity index (χ3n) is 0.723. The van der Waals surface area contributed by atoms with Crippen LogP contribution in [-0.4, -0.2) is 9.28 Å². The average Bonchev–Trinajstić information content (AvgIpc) is 1.66. The number of rotatable bonds is 3. The molecule has 0 rings (SSSR count). The first-order valence-electron chi connectivity index (χ1n) is 2.63. The van der Waals surface area contributed by atoms with Gasteiger partial charge in [-0.2, -0.15) is 0 Å². The molecule has 0 radical (unpaired) electrons. The van der Waals surface area contributed by atoms with Crippen molar-refractivity contribution < 1.29 is 51.4 Å². The summed E-state index contributed by atoms with van der Waals surface area (Å²) in [5.74, 6) is 1.12. The third kappa shape index (κ3) is 13.4. The largest absolute Gasteiger partial charge is 1.00 e. The number of thiol groups is 1. The molecule has 4 heteroatoms. The molecule has 0 saturated carbocycles.